The van der Waals surface area contributed by atoms with Crippen LogP contribution in [0.25, 0.3) is 0 Å². The molecule has 0 saturated heterocycles. The summed E-state index contributed by atoms with van der Waals surface area (Å²) >= 11 is 3.68. The van der Waals surface area contributed by atoms with Gasteiger partial charge in [-0.15, -0.1) is 23.5 Å². The highest BCUT2D eigenvalue weighted by molar-refractivity contribution is 7.98. The van der Waals surface area contributed by atoms with Gasteiger partial charge in [0.05, 0.1) is 0 Å². The van der Waals surface area contributed by atoms with Gasteiger partial charge in [0.15, 0.2) is 0 Å². The number of fused-ring (bicyclic) bond motifs is 3. The van der Waals surface area contributed by atoms with Crippen LogP contribution in [0.4, 0.5) is 0 Å². The van der Waals surface area contributed by atoms with Crippen LogP contribution in [0.5, 0.6) is 0 Å². The lowest BCUT2D eigenvalue weighted by atomic mass is 9.86. The molecule has 3 N–H and O–H groups in total. The molecule has 0 radical (unpaired) electrons. The molecule has 3 heterocycles. The van der Waals surface area contributed by atoms with Gasteiger partial charge >= 0.3 is 0 Å². The Hall–Kier alpha value is -4.10. The molecule has 3 unspecified atom stereocenters. The normalized spacial score (nSPS) is 18.9. The molecule has 3 aliphatic rings. The fraction of sp³-hybridized carbons (Fsp3) is 0.280. The highest BCUT2D eigenvalue weighted by atomic mass is 32.2. The molecule has 0 saturated carbocycles. The molecule has 282 valence electrons. The van der Waals surface area contributed by atoms with Gasteiger partial charge < -0.3 is 16.0 Å². The van der Waals surface area contributed by atoms with Gasteiger partial charge in [-0.25, -0.2) is 0 Å². The van der Waals surface area contributed by atoms with Gasteiger partial charge in [-0.05, 0) is 120 Å². The maximum Gasteiger partial charge on any atom is 0.0208 e. The van der Waals surface area contributed by atoms with Crippen LogP contribution >= 0.6 is 23.5 Å². The molecule has 0 aliphatic carbocycles. The van der Waals surface area contributed by atoms with Gasteiger partial charge in [0.1, 0.15) is 0 Å². The van der Waals surface area contributed by atoms with Gasteiger partial charge in [0.25, 0.3) is 0 Å². The van der Waals surface area contributed by atoms with E-state index in [-0.39, 0.29) is 0 Å². The van der Waals surface area contributed by atoms with Crippen LogP contribution in [0.2, 0.25) is 0 Å². The van der Waals surface area contributed by atoms with Crippen LogP contribution in [-0.4, -0.2) is 32.1 Å². The fourth-order valence-corrected chi connectivity index (χ4v) is 9.67. The average Bonchev–Trinajstić information content (AvgIpc) is 3.72. The van der Waals surface area contributed by atoms with Crippen molar-refractivity contribution in [2.45, 2.75) is 66.4 Å². The third kappa shape index (κ3) is 10.0. The summed E-state index contributed by atoms with van der Waals surface area (Å²) in [5.41, 5.74) is 13.2. The third-order valence-electron chi connectivity index (χ3n) is 11.3. The number of benzene rings is 6. The standard InChI is InChI=1S/2C17H19NS.C16H17N/c1-19-16-9-5-8-14-12-18-11-10-15(17(14)16)13-6-3-2-4-7-13;1-19-15-7-8-16-14(11-15)12-18-10-9-17(16)13-5-3-2-4-6-13;1-2-6-13(7-3-1)16-10-11-17-12-14-8-4-5-9-15(14)16/h2-9,15,18H,10-12H2,1H3;2-8,11,17-18H,9-10,12H2,1H3;1-9,16-17H,10-12H2. The molecule has 55 heavy (non-hydrogen) atoms. The second-order valence-electron chi connectivity index (χ2n) is 14.6. The topological polar surface area (TPSA) is 36.1 Å². The molecular formula is C50H55N3S2. The molecule has 3 aliphatic heterocycles. The van der Waals surface area contributed by atoms with E-state index in [1.54, 1.807) is 0 Å². The predicted octanol–water partition coefficient (Wildman–Crippen LogP) is 11.4. The van der Waals surface area contributed by atoms with Gasteiger partial charge in [0, 0.05) is 47.2 Å². The molecule has 3 atom stereocenters. The summed E-state index contributed by atoms with van der Waals surface area (Å²) in [4.78, 5) is 2.78. The Kier molecular flexibility index (Phi) is 14.4. The molecule has 5 heteroatoms. The molecule has 0 fully saturated rings. The number of hydrogen-bond acceptors (Lipinski definition) is 5. The smallest absolute Gasteiger partial charge is 0.0208 e. The van der Waals surface area contributed by atoms with E-state index in [9.17, 15) is 0 Å². The second kappa shape index (κ2) is 20.2. The van der Waals surface area contributed by atoms with E-state index in [1.807, 2.05) is 23.5 Å². The second-order valence-corrected chi connectivity index (χ2v) is 16.3. The molecule has 9 rings (SSSR count). The minimum Gasteiger partial charge on any atom is -0.313 e. The molecular weight excluding hydrogens is 707 g/mol. The van der Waals surface area contributed by atoms with Crippen LogP contribution in [0, 0.1) is 0 Å². The van der Waals surface area contributed by atoms with Crippen molar-refractivity contribution >= 4 is 23.5 Å². The van der Waals surface area contributed by atoms with E-state index in [1.165, 1.54) is 79.1 Å². The Morgan fingerprint density at radius 2 is 0.891 bits per heavy atom. The summed E-state index contributed by atoms with van der Waals surface area (Å²) in [5, 5.41) is 10.6. The first-order chi connectivity index (χ1) is 27.2. The van der Waals surface area contributed by atoms with Crippen LogP contribution in [0.1, 0.15) is 87.1 Å². The highest BCUT2D eigenvalue weighted by Gasteiger charge is 2.23. The SMILES string of the molecule is CSc1ccc2c(c1)CNCCC2c1ccccc1.CSc1cccc2c1C(c1ccccc1)CCNC2.c1ccc(C2CCNCc3ccccc32)cc1. The number of nitrogens with one attached hydrogen (secondary N) is 3. The Balaban J connectivity index is 0.000000127. The summed E-state index contributed by atoms with van der Waals surface area (Å²) < 4.78 is 0. The zero-order chi connectivity index (χ0) is 37.7. The fourth-order valence-electron chi connectivity index (χ4n) is 8.50. The molecule has 0 aromatic heterocycles. The summed E-state index contributed by atoms with van der Waals surface area (Å²) in [6.45, 7) is 6.25. The van der Waals surface area contributed by atoms with Crippen molar-refractivity contribution < 1.29 is 0 Å². The van der Waals surface area contributed by atoms with Crippen molar-refractivity contribution in [3.05, 3.63) is 202 Å². The van der Waals surface area contributed by atoms with Crippen LogP contribution in [0.3, 0.4) is 0 Å². The monoisotopic (exact) mass is 761 g/mol. The van der Waals surface area contributed by atoms with Crippen molar-refractivity contribution in [3.8, 4) is 0 Å². The first-order valence-electron chi connectivity index (χ1n) is 19.9. The van der Waals surface area contributed by atoms with Gasteiger partial charge in [0.2, 0.25) is 0 Å². The lowest BCUT2D eigenvalue weighted by molar-refractivity contribution is 0.645. The zero-order valence-corrected chi connectivity index (χ0v) is 34.0. The van der Waals surface area contributed by atoms with E-state index in [2.05, 4.69) is 180 Å². The molecule has 3 nitrogen and oxygen atoms in total. The quantitative estimate of drug-likeness (QED) is 0.153. The molecule has 6 aromatic carbocycles. The van der Waals surface area contributed by atoms with Crippen molar-refractivity contribution in [2.24, 2.45) is 0 Å². The van der Waals surface area contributed by atoms with E-state index < -0.39 is 0 Å². The van der Waals surface area contributed by atoms with E-state index in [4.69, 9.17) is 0 Å². The minimum absolute atomic E-state index is 0.523. The maximum atomic E-state index is 3.55. The first-order valence-corrected chi connectivity index (χ1v) is 22.4. The number of hydrogen-bond donors (Lipinski definition) is 3. The summed E-state index contributed by atoms with van der Waals surface area (Å²) in [6.07, 6.45) is 7.85. The summed E-state index contributed by atoms with van der Waals surface area (Å²) in [5.74, 6) is 1.60. The van der Waals surface area contributed by atoms with E-state index in [0.29, 0.717) is 17.8 Å². The third-order valence-corrected chi connectivity index (χ3v) is 12.8. The molecule has 0 spiro atoms. The van der Waals surface area contributed by atoms with Crippen LogP contribution in [0.15, 0.2) is 161 Å². The Labute approximate surface area is 338 Å². The predicted molar refractivity (Wildman–Crippen MR) is 237 cm³/mol. The minimum atomic E-state index is 0.523. The Bertz CT molecular complexity index is 2070. The van der Waals surface area contributed by atoms with Gasteiger partial charge in [-0.2, -0.15) is 0 Å². The number of rotatable bonds is 5. The van der Waals surface area contributed by atoms with Crippen molar-refractivity contribution in [3.63, 3.8) is 0 Å². The Morgan fingerprint density at radius 1 is 0.418 bits per heavy atom. The van der Waals surface area contributed by atoms with Gasteiger partial charge in [-0.1, -0.05) is 133 Å². The van der Waals surface area contributed by atoms with Crippen molar-refractivity contribution in [1.29, 1.82) is 0 Å². The molecule has 0 amide bonds. The average molecular weight is 762 g/mol. The highest BCUT2D eigenvalue weighted by Crippen LogP contribution is 2.38. The number of thioether (sulfide) groups is 2. The Morgan fingerprint density at radius 3 is 1.47 bits per heavy atom. The van der Waals surface area contributed by atoms with Gasteiger partial charge in [-0.3, -0.25) is 0 Å². The van der Waals surface area contributed by atoms with Crippen LogP contribution < -0.4 is 16.0 Å². The lowest BCUT2D eigenvalue weighted by Crippen LogP contribution is -2.12. The first kappa shape index (κ1) is 39.1. The van der Waals surface area contributed by atoms with Crippen LogP contribution in [-0.2, 0) is 19.6 Å². The van der Waals surface area contributed by atoms with Crippen molar-refractivity contribution in [1.82, 2.24) is 16.0 Å². The molecule has 6 aromatic rings. The summed E-state index contributed by atoms with van der Waals surface area (Å²) in [7, 11) is 0. The largest absolute Gasteiger partial charge is 0.313 e. The maximum absolute atomic E-state index is 3.55. The zero-order valence-electron chi connectivity index (χ0n) is 32.3. The van der Waals surface area contributed by atoms with E-state index >= 15 is 0 Å². The summed E-state index contributed by atoms with van der Waals surface area (Å²) in [6, 6.07) is 55.1. The molecule has 0 bridgehead atoms. The lowest BCUT2D eigenvalue weighted by Gasteiger charge is -2.20. The van der Waals surface area contributed by atoms with E-state index in [0.717, 1.165) is 39.3 Å². The van der Waals surface area contributed by atoms with Crippen molar-refractivity contribution in [2.75, 3.05) is 32.1 Å².